The fraction of sp³-hybridized carbons (Fsp3) is 0.833. The molecule has 104 valence electrons. The summed E-state index contributed by atoms with van der Waals surface area (Å²) in [6.45, 7) is 5.01. The van der Waals surface area contributed by atoms with Crippen molar-refractivity contribution in [1.82, 2.24) is 10.2 Å². The number of carboxylic acids is 1. The Labute approximate surface area is 107 Å². The Morgan fingerprint density at radius 3 is 2.44 bits per heavy atom. The number of carbonyl (C=O) groups is 2. The molecule has 0 aromatic heterocycles. The molecule has 0 radical (unpaired) electrons. The van der Waals surface area contributed by atoms with E-state index >= 15 is 0 Å². The molecule has 0 saturated heterocycles. The summed E-state index contributed by atoms with van der Waals surface area (Å²) in [6.07, 6.45) is 1.28. The average molecular weight is 258 g/mol. The lowest BCUT2D eigenvalue weighted by Crippen LogP contribution is -2.47. The smallest absolute Gasteiger partial charge is 0.317 e. The van der Waals surface area contributed by atoms with Crippen LogP contribution < -0.4 is 5.32 Å². The first kappa shape index (κ1) is 14.8. The Hall–Kier alpha value is -1.30. The Balaban J connectivity index is 2.44. The second-order valence-corrected chi connectivity index (χ2v) is 5.02. The number of hydrogen-bond donors (Lipinski definition) is 2. The molecule has 0 aromatic rings. The van der Waals surface area contributed by atoms with Gasteiger partial charge in [0, 0.05) is 26.2 Å². The van der Waals surface area contributed by atoms with Crippen LogP contribution in [0.1, 0.15) is 26.7 Å². The van der Waals surface area contributed by atoms with E-state index < -0.39 is 11.4 Å². The molecular weight excluding hydrogens is 236 g/mol. The first-order chi connectivity index (χ1) is 8.43. The lowest BCUT2D eigenvalue weighted by atomic mass is 10.1. The summed E-state index contributed by atoms with van der Waals surface area (Å²) in [7, 11) is 1.58. The maximum absolute atomic E-state index is 12.0. The fourth-order valence-electron chi connectivity index (χ4n) is 1.75. The monoisotopic (exact) mass is 258 g/mol. The van der Waals surface area contributed by atoms with Gasteiger partial charge in [0.1, 0.15) is 0 Å². The number of amides is 2. The van der Waals surface area contributed by atoms with Crippen LogP contribution in [0.3, 0.4) is 0 Å². The summed E-state index contributed by atoms with van der Waals surface area (Å²) >= 11 is 0. The molecule has 1 aliphatic carbocycles. The molecule has 0 heterocycles. The minimum atomic E-state index is -0.823. The quantitative estimate of drug-likeness (QED) is 0.711. The van der Waals surface area contributed by atoms with Gasteiger partial charge in [0.2, 0.25) is 0 Å². The van der Waals surface area contributed by atoms with Crippen LogP contribution >= 0.6 is 0 Å². The summed E-state index contributed by atoms with van der Waals surface area (Å²) < 4.78 is 4.95. The molecule has 0 bridgehead atoms. The Bertz CT molecular complexity index is 313. The van der Waals surface area contributed by atoms with Gasteiger partial charge in [-0.1, -0.05) is 0 Å². The van der Waals surface area contributed by atoms with Gasteiger partial charge in [0.25, 0.3) is 0 Å². The Morgan fingerprint density at radius 1 is 1.44 bits per heavy atom. The highest BCUT2D eigenvalue weighted by Crippen LogP contribution is 2.45. The molecule has 1 fully saturated rings. The zero-order valence-electron chi connectivity index (χ0n) is 11.2. The molecule has 2 N–H and O–H groups in total. The molecule has 1 aliphatic rings. The van der Waals surface area contributed by atoms with E-state index in [1.165, 1.54) is 0 Å². The molecule has 0 aliphatic heterocycles. The number of methoxy groups -OCH3 is 1. The minimum absolute atomic E-state index is 0.0557. The molecule has 1 rings (SSSR count). The highest BCUT2D eigenvalue weighted by molar-refractivity contribution is 5.80. The van der Waals surface area contributed by atoms with E-state index in [9.17, 15) is 9.59 Å². The van der Waals surface area contributed by atoms with E-state index in [2.05, 4.69) is 5.32 Å². The normalized spacial score (nSPS) is 16.4. The third-order valence-corrected chi connectivity index (χ3v) is 3.31. The number of carbonyl (C=O) groups excluding carboxylic acids is 1. The summed E-state index contributed by atoms with van der Waals surface area (Å²) in [5, 5.41) is 11.7. The zero-order chi connectivity index (χ0) is 13.8. The van der Waals surface area contributed by atoms with Crippen LogP contribution in [-0.2, 0) is 9.53 Å². The van der Waals surface area contributed by atoms with E-state index in [1.54, 1.807) is 12.0 Å². The lowest BCUT2D eigenvalue weighted by molar-refractivity contribution is -0.143. The van der Waals surface area contributed by atoms with Crippen molar-refractivity contribution < 1.29 is 19.4 Å². The van der Waals surface area contributed by atoms with E-state index in [4.69, 9.17) is 9.84 Å². The van der Waals surface area contributed by atoms with E-state index in [0.717, 1.165) is 0 Å². The van der Waals surface area contributed by atoms with E-state index in [1.807, 2.05) is 13.8 Å². The third-order valence-electron chi connectivity index (χ3n) is 3.31. The highest BCUT2D eigenvalue weighted by Gasteiger charge is 2.50. The fourth-order valence-corrected chi connectivity index (χ4v) is 1.75. The van der Waals surface area contributed by atoms with Crippen LogP contribution in [0.2, 0.25) is 0 Å². The SMILES string of the molecule is COCCN(C(=O)NCC1(C(=O)O)CC1)C(C)C. The molecule has 6 nitrogen and oxygen atoms in total. The van der Waals surface area contributed by atoms with Gasteiger partial charge in [-0.25, -0.2) is 4.79 Å². The maximum atomic E-state index is 12.0. The van der Waals surface area contributed by atoms with Crippen molar-refractivity contribution in [3.05, 3.63) is 0 Å². The largest absolute Gasteiger partial charge is 0.481 e. The third kappa shape index (κ3) is 3.60. The van der Waals surface area contributed by atoms with Crippen LogP contribution in [0.15, 0.2) is 0 Å². The Morgan fingerprint density at radius 2 is 2.06 bits per heavy atom. The number of rotatable bonds is 7. The van der Waals surface area contributed by atoms with Gasteiger partial charge in [0.15, 0.2) is 0 Å². The van der Waals surface area contributed by atoms with Gasteiger partial charge in [0.05, 0.1) is 12.0 Å². The van der Waals surface area contributed by atoms with Gasteiger partial charge < -0.3 is 20.1 Å². The van der Waals surface area contributed by atoms with Crippen molar-refractivity contribution in [1.29, 1.82) is 0 Å². The number of nitrogens with zero attached hydrogens (tertiary/aromatic N) is 1. The van der Waals surface area contributed by atoms with E-state index in [-0.39, 0.29) is 18.6 Å². The maximum Gasteiger partial charge on any atom is 0.317 e. The molecule has 0 aromatic carbocycles. The number of hydrogen-bond acceptors (Lipinski definition) is 3. The van der Waals surface area contributed by atoms with Gasteiger partial charge >= 0.3 is 12.0 Å². The molecule has 18 heavy (non-hydrogen) atoms. The standard InChI is InChI=1S/C12H22N2O4/c1-9(2)14(6-7-18-3)11(17)13-8-12(4-5-12)10(15)16/h9H,4-8H2,1-3H3,(H,13,17)(H,15,16). The number of nitrogens with one attached hydrogen (secondary N) is 1. The van der Waals surface area contributed by atoms with Crippen LogP contribution in [0, 0.1) is 5.41 Å². The number of carboxylic acid groups (broad SMARTS) is 1. The molecule has 0 spiro atoms. The van der Waals surface area contributed by atoms with Crippen LogP contribution in [0.4, 0.5) is 4.79 Å². The molecule has 6 heteroatoms. The van der Waals surface area contributed by atoms with Gasteiger partial charge in [-0.15, -0.1) is 0 Å². The molecule has 0 unspecified atom stereocenters. The summed E-state index contributed by atoms with van der Waals surface area (Å²) in [5.74, 6) is -0.823. The first-order valence-corrected chi connectivity index (χ1v) is 6.20. The number of aliphatic carboxylic acids is 1. The number of ether oxygens (including phenoxy) is 1. The van der Waals surface area contributed by atoms with Crippen LogP contribution in [0.25, 0.3) is 0 Å². The van der Waals surface area contributed by atoms with Gasteiger partial charge in [-0.2, -0.15) is 0 Å². The number of urea groups is 1. The van der Waals surface area contributed by atoms with Gasteiger partial charge in [-0.05, 0) is 26.7 Å². The Kier molecular flexibility index (Phi) is 4.95. The molecule has 1 saturated carbocycles. The predicted molar refractivity (Wildman–Crippen MR) is 66.4 cm³/mol. The predicted octanol–water partition coefficient (Wildman–Crippen LogP) is 0.918. The van der Waals surface area contributed by atoms with Crippen molar-refractivity contribution in [2.75, 3.05) is 26.8 Å². The molecular formula is C12H22N2O4. The highest BCUT2D eigenvalue weighted by atomic mass is 16.5. The van der Waals surface area contributed by atoms with Crippen LogP contribution in [0.5, 0.6) is 0 Å². The second-order valence-electron chi connectivity index (χ2n) is 5.02. The van der Waals surface area contributed by atoms with Crippen LogP contribution in [-0.4, -0.2) is 54.9 Å². The average Bonchev–Trinajstić information content (AvgIpc) is 3.07. The minimum Gasteiger partial charge on any atom is -0.481 e. The molecule has 0 atom stereocenters. The zero-order valence-corrected chi connectivity index (χ0v) is 11.2. The van der Waals surface area contributed by atoms with Crippen molar-refractivity contribution >= 4 is 12.0 Å². The van der Waals surface area contributed by atoms with Crippen molar-refractivity contribution in [2.45, 2.75) is 32.7 Å². The van der Waals surface area contributed by atoms with Crippen molar-refractivity contribution in [2.24, 2.45) is 5.41 Å². The van der Waals surface area contributed by atoms with Crippen molar-refractivity contribution in [3.63, 3.8) is 0 Å². The van der Waals surface area contributed by atoms with E-state index in [0.29, 0.717) is 26.0 Å². The summed E-state index contributed by atoms with van der Waals surface area (Å²) in [6, 6.07) is -0.172. The lowest BCUT2D eigenvalue weighted by Gasteiger charge is -2.27. The van der Waals surface area contributed by atoms with Crippen molar-refractivity contribution in [3.8, 4) is 0 Å². The van der Waals surface area contributed by atoms with Gasteiger partial charge in [-0.3, -0.25) is 4.79 Å². The summed E-state index contributed by atoms with van der Waals surface area (Å²) in [5.41, 5.74) is -0.723. The topological polar surface area (TPSA) is 78.9 Å². The molecule has 2 amide bonds. The first-order valence-electron chi connectivity index (χ1n) is 6.20. The summed E-state index contributed by atoms with van der Waals surface area (Å²) in [4.78, 5) is 24.6. The second kappa shape index (κ2) is 6.04.